The zero-order valence-corrected chi connectivity index (χ0v) is 11.9. The van der Waals surface area contributed by atoms with Crippen LogP contribution in [0.2, 0.25) is 0 Å². The zero-order chi connectivity index (χ0) is 15.1. The molecule has 0 bridgehead atoms. The zero-order valence-electron chi connectivity index (χ0n) is 11.9. The molecule has 1 rings (SSSR count). The molecular formula is C13H20N4O3. The van der Waals surface area contributed by atoms with Crippen LogP contribution in [0.15, 0.2) is 12.4 Å². The van der Waals surface area contributed by atoms with Gasteiger partial charge in [-0.1, -0.05) is 20.3 Å². The summed E-state index contributed by atoms with van der Waals surface area (Å²) >= 11 is 0. The van der Waals surface area contributed by atoms with Crippen molar-refractivity contribution in [3.63, 3.8) is 0 Å². The molecule has 2 amide bonds. The molecule has 3 N–H and O–H groups in total. The van der Waals surface area contributed by atoms with Gasteiger partial charge in [-0.05, 0) is 12.8 Å². The molecule has 110 valence electrons. The maximum atomic E-state index is 11.7. The number of urea groups is 1. The van der Waals surface area contributed by atoms with Gasteiger partial charge in [0.15, 0.2) is 0 Å². The molecule has 20 heavy (non-hydrogen) atoms. The summed E-state index contributed by atoms with van der Waals surface area (Å²) in [6, 6.07) is -1.43. The number of amides is 2. The molecule has 0 spiro atoms. The third-order valence-electron chi connectivity index (χ3n) is 3.03. The third-order valence-corrected chi connectivity index (χ3v) is 3.03. The molecule has 0 radical (unpaired) electrons. The number of nitrogens with one attached hydrogen (secondary N) is 2. The maximum Gasteiger partial charge on any atom is 0.326 e. The average Bonchev–Trinajstić information content (AvgIpc) is 2.43. The second kappa shape index (κ2) is 7.42. The van der Waals surface area contributed by atoms with Crippen LogP contribution >= 0.6 is 0 Å². The molecule has 0 aliphatic rings. The second-order valence-electron chi connectivity index (χ2n) is 4.68. The predicted molar refractivity (Wildman–Crippen MR) is 73.0 cm³/mol. The van der Waals surface area contributed by atoms with E-state index in [0.717, 1.165) is 5.69 Å². The van der Waals surface area contributed by atoms with E-state index in [1.165, 1.54) is 0 Å². The molecule has 0 aliphatic carbocycles. The number of nitrogens with zero attached hydrogens (tertiary/aromatic N) is 2. The van der Waals surface area contributed by atoms with Crippen LogP contribution in [0.5, 0.6) is 0 Å². The van der Waals surface area contributed by atoms with E-state index in [0.29, 0.717) is 12.1 Å². The number of aromatic nitrogens is 2. The molecule has 0 aromatic carbocycles. The summed E-state index contributed by atoms with van der Waals surface area (Å²) in [5, 5.41) is 14.1. The highest BCUT2D eigenvalue weighted by atomic mass is 16.4. The molecule has 1 aromatic rings. The Morgan fingerprint density at radius 3 is 2.55 bits per heavy atom. The molecule has 2 unspecified atom stereocenters. The molecule has 0 fully saturated rings. The fraction of sp³-hybridized carbons (Fsp3) is 0.538. The van der Waals surface area contributed by atoms with Gasteiger partial charge in [-0.2, -0.15) is 0 Å². The molecular weight excluding hydrogens is 260 g/mol. The summed E-state index contributed by atoms with van der Waals surface area (Å²) in [5.41, 5.74) is 1.40. The Labute approximate surface area is 117 Å². The Morgan fingerprint density at radius 1 is 1.35 bits per heavy atom. The standard InChI is InChI=1S/C13H20N4O3/c1-4-8(2)11(12(18)19)17-13(20)16-7-10-6-14-9(3)5-15-10/h5-6,8,11H,4,7H2,1-3H3,(H,18,19)(H2,16,17,20). The van der Waals surface area contributed by atoms with Crippen molar-refractivity contribution in [2.75, 3.05) is 0 Å². The quantitative estimate of drug-likeness (QED) is 0.723. The van der Waals surface area contributed by atoms with E-state index in [-0.39, 0.29) is 12.5 Å². The largest absolute Gasteiger partial charge is 0.480 e. The van der Waals surface area contributed by atoms with E-state index < -0.39 is 18.0 Å². The number of carboxylic acids is 1. The minimum Gasteiger partial charge on any atom is -0.480 e. The molecule has 2 atom stereocenters. The Kier molecular flexibility index (Phi) is 5.89. The van der Waals surface area contributed by atoms with Crippen LogP contribution in [-0.2, 0) is 11.3 Å². The first-order valence-electron chi connectivity index (χ1n) is 6.48. The number of carbonyl (C=O) groups excluding carboxylic acids is 1. The lowest BCUT2D eigenvalue weighted by atomic mass is 9.99. The van der Waals surface area contributed by atoms with Crippen LogP contribution in [0.25, 0.3) is 0 Å². The molecule has 1 aromatic heterocycles. The monoisotopic (exact) mass is 280 g/mol. The van der Waals surface area contributed by atoms with Crippen molar-refractivity contribution < 1.29 is 14.7 Å². The van der Waals surface area contributed by atoms with Crippen molar-refractivity contribution >= 4 is 12.0 Å². The van der Waals surface area contributed by atoms with Gasteiger partial charge < -0.3 is 15.7 Å². The highest BCUT2D eigenvalue weighted by Gasteiger charge is 2.25. The van der Waals surface area contributed by atoms with Crippen molar-refractivity contribution in [3.8, 4) is 0 Å². The summed E-state index contributed by atoms with van der Waals surface area (Å²) in [5.74, 6) is -1.18. The van der Waals surface area contributed by atoms with Gasteiger partial charge in [-0.15, -0.1) is 0 Å². The smallest absolute Gasteiger partial charge is 0.326 e. The SMILES string of the molecule is CCC(C)C(NC(=O)NCc1cnc(C)cn1)C(=O)O. The van der Waals surface area contributed by atoms with Gasteiger partial charge in [0.1, 0.15) is 6.04 Å². The summed E-state index contributed by atoms with van der Waals surface area (Å²) in [7, 11) is 0. The summed E-state index contributed by atoms with van der Waals surface area (Å²) in [6.45, 7) is 5.68. The van der Waals surface area contributed by atoms with Gasteiger partial charge in [0, 0.05) is 6.20 Å². The summed E-state index contributed by atoms with van der Waals surface area (Å²) in [6.07, 6.45) is 3.84. The summed E-state index contributed by atoms with van der Waals surface area (Å²) < 4.78 is 0. The first-order chi connectivity index (χ1) is 9.43. The van der Waals surface area contributed by atoms with E-state index >= 15 is 0 Å². The van der Waals surface area contributed by atoms with Crippen molar-refractivity contribution in [1.29, 1.82) is 0 Å². The number of aliphatic carboxylic acids is 1. The number of carboxylic acid groups (broad SMARTS) is 1. The van der Waals surface area contributed by atoms with E-state index in [1.807, 2.05) is 13.8 Å². The van der Waals surface area contributed by atoms with Crippen LogP contribution in [0.4, 0.5) is 4.79 Å². The van der Waals surface area contributed by atoms with E-state index in [9.17, 15) is 9.59 Å². The summed E-state index contributed by atoms with van der Waals surface area (Å²) in [4.78, 5) is 30.9. The van der Waals surface area contributed by atoms with Gasteiger partial charge in [-0.3, -0.25) is 9.97 Å². The second-order valence-corrected chi connectivity index (χ2v) is 4.68. The van der Waals surface area contributed by atoms with Gasteiger partial charge >= 0.3 is 12.0 Å². The van der Waals surface area contributed by atoms with E-state index in [4.69, 9.17) is 5.11 Å². The molecule has 7 heteroatoms. The van der Waals surface area contributed by atoms with Gasteiger partial charge in [0.2, 0.25) is 0 Å². The number of hydrogen-bond donors (Lipinski definition) is 3. The Morgan fingerprint density at radius 2 is 2.05 bits per heavy atom. The lowest BCUT2D eigenvalue weighted by Gasteiger charge is -2.20. The topological polar surface area (TPSA) is 104 Å². The first kappa shape index (κ1) is 15.9. The predicted octanol–water partition coefficient (Wildman–Crippen LogP) is 1.08. The molecule has 0 aliphatic heterocycles. The number of hydrogen-bond acceptors (Lipinski definition) is 4. The molecule has 7 nitrogen and oxygen atoms in total. The van der Waals surface area contributed by atoms with Crippen molar-refractivity contribution in [2.24, 2.45) is 5.92 Å². The Hall–Kier alpha value is -2.18. The highest BCUT2D eigenvalue weighted by molar-refractivity contribution is 5.82. The van der Waals surface area contributed by atoms with Crippen LogP contribution in [-0.4, -0.2) is 33.1 Å². The van der Waals surface area contributed by atoms with Crippen LogP contribution in [0.3, 0.4) is 0 Å². The first-order valence-corrected chi connectivity index (χ1v) is 6.48. The molecule has 0 saturated carbocycles. The van der Waals surface area contributed by atoms with Crippen LogP contribution in [0, 0.1) is 12.8 Å². The van der Waals surface area contributed by atoms with Crippen molar-refractivity contribution in [2.45, 2.75) is 39.8 Å². The Balaban J connectivity index is 2.49. The molecule has 0 saturated heterocycles. The lowest BCUT2D eigenvalue weighted by molar-refractivity contribution is -0.140. The van der Waals surface area contributed by atoms with Crippen LogP contribution in [0.1, 0.15) is 31.7 Å². The molecule has 1 heterocycles. The maximum absolute atomic E-state index is 11.7. The number of aryl methyl sites for hydroxylation is 1. The minimum atomic E-state index is -1.04. The normalized spacial score (nSPS) is 13.3. The van der Waals surface area contributed by atoms with Gasteiger partial charge in [-0.25, -0.2) is 9.59 Å². The van der Waals surface area contributed by atoms with E-state index in [2.05, 4.69) is 20.6 Å². The average molecular weight is 280 g/mol. The lowest BCUT2D eigenvalue weighted by Crippen LogP contribution is -2.48. The van der Waals surface area contributed by atoms with E-state index in [1.54, 1.807) is 19.3 Å². The van der Waals surface area contributed by atoms with Crippen LogP contribution < -0.4 is 10.6 Å². The fourth-order valence-electron chi connectivity index (χ4n) is 1.56. The minimum absolute atomic E-state index is 0.141. The third kappa shape index (κ3) is 4.83. The fourth-order valence-corrected chi connectivity index (χ4v) is 1.56. The van der Waals surface area contributed by atoms with Crippen molar-refractivity contribution in [1.82, 2.24) is 20.6 Å². The van der Waals surface area contributed by atoms with Crippen molar-refractivity contribution in [3.05, 3.63) is 23.8 Å². The Bertz CT molecular complexity index is 461. The number of rotatable bonds is 6. The highest BCUT2D eigenvalue weighted by Crippen LogP contribution is 2.07. The van der Waals surface area contributed by atoms with Gasteiger partial charge in [0.25, 0.3) is 0 Å². The van der Waals surface area contributed by atoms with Gasteiger partial charge in [0.05, 0.1) is 24.1 Å². The number of carbonyl (C=O) groups is 2.